The highest BCUT2D eigenvalue weighted by Crippen LogP contribution is 2.42. The molecule has 0 atom stereocenters. The second-order valence-electron chi connectivity index (χ2n) is 5.09. The maximum Gasteiger partial charge on any atom is 0.317 e. The minimum Gasteiger partial charge on any atom is -0.504 e. The maximum absolute atomic E-state index is 11.4. The van der Waals surface area contributed by atoms with E-state index in [1.165, 1.54) is 20.1 Å². The molecular formula is C17H17N3O4S. The third kappa shape index (κ3) is 4.04. The zero-order chi connectivity index (χ0) is 18.6. The molecule has 0 aliphatic rings. The molecule has 8 heteroatoms. The van der Waals surface area contributed by atoms with Gasteiger partial charge in [-0.3, -0.25) is 10.1 Å². The molecule has 0 saturated carbocycles. The summed E-state index contributed by atoms with van der Waals surface area (Å²) in [5.74, 6) is -0.306. The number of nitrogens with two attached hydrogens (primary N) is 1. The molecule has 0 unspecified atom stereocenters. The van der Waals surface area contributed by atoms with Crippen molar-refractivity contribution in [2.24, 2.45) is 5.73 Å². The minimum atomic E-state index is -0.830. The molecule has 2 aromatic carbocycles. The average Bonchev–Trinajstić information content (AvgIpc) is 2.53. The van der Waals surface area contributed by atoms with E-state index in [0.29, 0.717) is 16.8 Å². The van der Waals surface area contributed by atoms with Gasteiger partial charge < -0.3 is 20.9 Å². The molecule has 0 aromatic heterocycles. The Labute approximate surface area is 149 Å². The molecule has 2 rings (SSSR count). The number of benzene rings is 2. The summed E-state index contributed by atoms with van der Waals surface area (Å²) in [5.41, 5.74) is 7.02. The zero-order valence-corrected chi connectivity index (χ0v) is 14.4. The number of hydrogen-bond acceptors (Lipinski definition) is 5. The number of carbonyl (C=O) groups excluding carboxylic acids is 2. The molecule has 3 amide bonds. The number of primary amides is 1. The van der Waals surface area contributed by atoms with Gasteiger partial charge in [-0.05, 0) is 18.2 Å². The van der Waals surface area contributed by atoms with Crippen LogP contribution in [-0.2, 0) is 4.79 Å². The SMILES string of the molecule is COc1c(-c2ccccc2NC(C)=O)ccc(C(=S)NC(N)=O)c1O. The molecule has 25 heavy (non-hydrogen) atoms. The summed E-state index contributed by atoms with van der Waals surface area (Å²) in [5, 5.41) is 15.5. The Morgan fingerprint density at radius 3 is 2.44 bits per heavy atom. The van der Waals surface area contributed by atoms with Gasteiger partial charge in [0, 0.05) is 23.7 Å². The van der Waals surface area contributed by atoms with E-state index >= 15 is 0 Å². The van der Waals surface area contributed by atoms with Crippen molar-refractivity contribution in [1.82, 2.24) is 5.32 Å². The molecule has 0 saturated heterocycles. The monoisotopic (exact) mass is 359 g/mol. The van der Waals surface area contributed by atoms with Crippen molar-refractivity contribution in [3.63, 3.8) is 0 Å². The number of ether oxygens (including phenoxy) is 1. The first kappa shape index (κ1) is 18.2. The third-order valence-electron chi connectivity index (χ3n) is 3.34. The summed E-state index contributed by atoms with van der Waals surface area (Å²) >= 11 is 5.05. The van der Waals surface area contributed by atoms with E-state index in [0.717, 1.165) is 0 Å². The molecule has 7 nitrogen and oxygen atoms in total. The van der Waals surface area contributed by atoms with Crippen LogP contribution in [0.15, 0.2) is 36.4 Å². The van der Waals surface area contributed by atoms with E-state index in [9.17, 15) is 14.7 Å². The van der Waals surface area contributed by atoms with Crippen LogP contribution in [0.5, 0.6) is 11.5 Å². The highest BCUT2D eigenvalue weighted by molar-refractivity contribution is 7.80. The highest BCUT2D eigenvalue weighted by atomic mass is 32.1. The lowest BCUT2D eigenvalue weighted by molar-refractivity contribution is -0.114. The number of hydrogen-bond donors (Lipinski definition) is 4. The lowest BCUT2D eigenvalue weighted by Gasteiger charge is -2.17. The summed E-state index contributed by atoms with van der Waals surface area (Å²) in [6, 6.07) is 9.47. The molecule has 130 valence electrons. The van der Waals surface area contributed by atoms with Gasteiger partial charge in [-0.1, -0.05) is 30.4 Å². The minimum absolute atomic E-state index is 0.0232. The number of urea groups is 1. The molecule has 2 aromatic rings. The van der Waals surface area contributed by atoms with Gasteiger partial charge in [0.25, 0.3) is 0 Å². The summed E-state index contributed by atoms with van der Waals surface area (Å²) in [6.07, 6.45) is 0. The first-order valence-electron chi connectivity index (χ1n) is 7.23. The van der Waals surface area contributed by atoms with Crippen molar-refractivity contribution in [3.05, 3.63) is 42.0 Å². The van der Waals surface area contributed by atoms with Gasteiger partial charge in [0.05, 0.1) is 12.7 Å². The quantitative estimate of drug-likeness (QED) is 0.626. The number of phenols is 1. The van der Waals surface area contributed by atoms with Crippen LogP contribution in [0.4, 0.5) is 10.5 Å². The van der Waals surface area contributed by atoms with Gasteiger partial charge in [-0.25, -0.2) is 4.79 Å². The van der Waals surface area contributed by atoms with E-state index in [-0.39, 0.29) is 28.0 Å². The van der Waals surface area contributed by atoms with Gasteiger partial charge in [-0.15, -0.1) is 0 Å². The lowest BCUT2D eigenvalue weighted by atomic mass is 9.99. The summed E-state index contributed by atoms with van der Waals surface area (Å²) < 4.78 is 5.32. The summed E-state index contributed by atoms with van der Waals surface area (Å²) in [4.78, 5) is 22.3. The Morgan fingerprint density at radius 2 is 1.84 bits per heavy atom. The van der Waals surface area contributed by atoms with Crippen LogP contribution < -0.4 is 21.1 Å². The van der Waals surface area contributed by atoms with Gasteiger partial charge in [0.2, 0.25) is 5.91 Å². The molecule has 0 heterocycles. The van der Waals surface area contributed by atoms with E-state index in [1.54, 1.807) is 30.3 Å². The van der Waals surface area contributed by atoms with Crippen molar-refractivity contribution >= 4 is 34.8 Å². The molecule has 0 bridgehead atoms. The normalized spacial score (nSPS) is 10.0. The van der Waals surface area contributed by atoms with Crippen LogP contribution in [0, 0.1) is 0 Å². The van der Waals surface area contributed by atoms with E-state index in [2.05, 4.69) is 10.6 Å². The van der Waals surface area contributed by atoms with Crippen molar-refractivity contribution in [2.45, 2.75) is 6.92 Å². The van der Waals surface area contributed by atoms with E-state index < -0.39 is 6.03 Å². The number of methoxy groups -OCH3 is 1. The summed E-state index contributed by atoms with van der Waals surface area (Å²) in [7, 11) is 1.40. The summed E-state index contributed by atoms with van der Waals surface area (Å²) in [6.45, 7) is 1.41. The van der Waals surface area contributed by atoms with E-state index in [4.69, 9.17) is 22.7 Å². The Kier molecular flexibility index (Phi) is 5.56. The fraction of sp³-hybridized carbons (Fsp3) is 0.118. The van der Waals surface area contributed by atoms with Crippen LogP contribution in [0.1, 0.15) is 12.5 Å². The molecule has 0 aliphatic carbocycles. The van der Waals surface area contributed by atoms with Crippen LogP contribution >= 0.6 is 12.2 Å². The topological polar surface area (TPSA) is 114 Å². The number of phenolic OH excluding ortho intramolecular Hbond substituents is 1. The highest BCUT2D eigenvalue weighted by Gasteiger charge is 2.19. The number of amides is 3. The standard InChI is InChI=1S/C17H17N3O4S/c1-9(21)19-13-6-4-3-5-10(13)11-7-8-12(14(22)15(11)24-2)16(25)20-17(18)23/h3-8,22H,1-2H3,(H,19,21)(H3,18,20,23,25). The Balaban J connectivity index is 2.58. The first-order chi connectivity index (χ1) is 11.8. The number of carbonyl (C=O) groups is 2. The number of aromatic hydroxyl groups is 1. The van der Waals surface area contributed by atoms with Gasteiger partial charge >= 0.3 is 6.03 Å². The predicted octanol–water partition coefficient (Wildman–Crippen LogP) is 2.37. The van der Waals surface area contributed by atoms with Crippen LogP contribution in [-0.4, -0.2) is 29.1 Å². The van der Waals surface area contributed by atoms with E-state index in [1.807, 2.05) is 0 Å². The third-order valence-corrected chi connectivity index (χ3v) is 3.67. The fourth-order valence-corrected chi connectivity index (χ4v) is 2.63. The van der Waals surface area contributed by atoms with Crippen LogP contribution in [0.3, 0.4) is 0 Å². The fourth-order valence-electron chi connectivity index (χ4n) is 2.37. The van der Waals surface area contributed by atoms with Crippen molar-refractivity contribution < 1.29 is 19.4 Å². The Bertz CT molecular complexity index is 852. The van der Waals surface area contributed by atoms with Crippen molar-refractivity contribution in [2.75, 3.05) is 12.4 Å². The zero-order valence-electron chi connectivity index (χ0n) is 13.6. The number of para-hydroxylation sites is 1. The largest absolute Gasteiger partial charge is 0.504 e. The van der Waals surface area contributed by atoms with Gasteiger partial charge in [0.1, 0.15) is 4.99 Å². The van der Waals surface area contributed by atoms with Crippen LogP contribution in [0.25, 0.3) is 11.1 Å². The maximum atomic E-state index is 11.4. The number of rotatable bonds is 4. The van der Waals surface area contributed by atoms with Crippen LogP contribution in [0.2, 0.25) is 0 Å². The van der Waals surface area contributed by atoms with Gasteiger partial charge in [0.15, 0.2) is 11.5 Å². The van der Waals surface area contributed by atoms with Gasteiger partial charge in [-0.2, -0.15) is 0 Å². The Morgan fingerprint density at radius 1 is 1.16 bits per heavy atom. The second kappa shape index (κ2) is 7.63. The first-order valence-corrected chi connectivity index (χ1v) is 7.63. The predicted molar refractivity (Wildman–Crippen MR) is 98.8 cm³/mol. The molecule has 0 aliphatic heterocycles. The molecule has 5 N–H and O–H groups in total. The number of anilines is 1. The molecular weight excluding hydrogens is 342 g/mol. The Hall–Kier alpha value is -3.13. The second-order valence-corrected chi connectivity index (χ2v) is 5.50. The number of nitrogens with one attached hydrogen (secondary N) is 2. The van der Waals surface area contributed by atoms with Crippen molar-refractivity contribution in [3.8, 4) is 22.6 Å². The number of thiocarbonyl (C=S) groups is 1. The molecule has 0 radical (unpaired) electrons. The van der Waals surface area contributed by atoms with Crippen molar-refractivity contribution in [1.29, 1.82) is 0 Å². The average molecular weight is 359 g/mol. The smallest absolute Gasteiger partial charge is 0.317 e. The lowest BCUT2D eigenvalue weighted by Crippen LogP contribution is -2.34. The molecule has 0 spiro atoms. The molecule has 0 fully saturated rings.